The molecule has 13 heavy (non-hydrogen) atoms. The van der Waals surface area contributed by atoms with Crippen molar-refractivity contribution >= 4 is 0 Å². The third-order valence-electron chi connectivity index (χ3n) is 2.96. The zero-order valence-corrected chi connectivity index (χ0v) is 8.00. The molecule has 0 atom stereocenters. The fraction of sp³-hybridized carbons (Fsp3) is 0.500. The number of rotatable bonds is 2. The Morgan fingerprint density at radius 3 is 2.69 bits per heavy atom. The van der Waals surface area contributed by atoms with Crippen molar-refractivity contribution in [2.24, 2.45) is 11.7 Å². The standard InChI is InChI=1S/C12H17N/c13-12-8-7-11(9-12)6-5-10-3-1-2-4-10/h6-10H,1-5,13H2/b11-6+. The molecule has 0 aromatic rings. The fourth-order valence-electron chi connectivity index (χ4n) is 2.16. The molecule has 1 nitrogen and oxygen atoms in total. The Hall–Kier alpha value is -0.980. The molecule has 2 aliphatic rings. The lowest BCUT2D eigenvalue weighted by atomic mass is 10.0. The van der Waals surface area contributed by atoms with Gasteiger partial charge in [-0.25, -0.2) is 0 Å². The van der Waals surface area contributed by atoms with Gasteiger partial charge >= 0.3 is 0 Å². The lowest BCUT2D eigenvalue weighted by Gasteiger charge is -2.03. The zero-order valence-electron chi connectivity index (χ0n) is 8.00. The van der Waals surface area contributed by atoms with Gasteiger partial charge in [0.15, 0.2) is 0 Å². The van der Waals surface area contributed by atoms with Gasteiger partial charge in [-0.3, -0.25) is 0 Å². The van der Waals surface area contributed by atoms with Crippen molar-refractivity contribution in [1.29, 1.82) is 0 Å². The van der Waals surface area contributed by atoms with Crippen molar-refractivity contribution in [2.75, 3.05) is 0 Å². The van der Waals surface area contributed by atoms with Gasteiger partial charge < -0.3 is 5.73 Å². The molecule has 0 heterocycles. The van der Waals surface area contributed by atoms with Gasteiger partial charge in [-0.05, 0) is 30.1 Å². The quantitative estimate of drug-likeness (QED) is 0.686. The minimum atomic E-state index is 0.887. The summed E-state index contributed by atoms with van der Waals surface area (Å²) in [5, 5.41) is 0. The molecule has 0 bridgehead atoms. The second-order valence-corrected chi connectivity index (χ2v) is 4.07. The number of nitrogens with two attached hydrogens (primary N) is 1. The predicted molar refractivity (Wildman–Crippen MR) is 56.1 cm³/mol. The minimum absolute atomic E-state index is 0.887. The second kappa shape index (κ2) is 3.82. The summed E-state index contributed by atoms with van der Waals surface area (Å²) < 4.78 is 0. The number of allylic oxidation sites excluding steroid dienone is 5. The van der Waals surface area contributed by atoms with Gasteiger partial charge in [-0.2, -0.15) is 0 Å². The smallest absolute Gasteiger partial charge is 0.0320 e. The zero-order chi connectivity index (χ0) is 9.10. The van der Waals surface area contributed by atoms with E-state index in [1.165, 1.54) is 37.7 Å². The first-order valence-corrected chi connectivity index (χ1v) is 5.20. The van der Waals surface area contributed by atoms with Crippen LogP contribution in [0.25, 0.3) is 0 Å². The molecule has 1 saturated carbocycles. The topological polar surface area (TPSA) is 26.0 Å². The predicted octanol–water partition coefficient (Wildman–Crippen LogP) is 2.91. The van der Waals surface area contributed by atoms with E-state index in [0.29, 0.717) is 0 Å². The molecular weight excluding hydrogens is 158 g/mol. The summed E-state index contributed by atoms with van der Waals surface area (Å²) in [5.74, 6) is 0.941. The summed E-state index contributed by atoms with van der Waals surface area (Å²) in [6.45, 7) is 0. The van der Waals surface area contributed by atoms with Gasteiger partial charge in [0.05, 0.1) is 0 Å². The van der Waals surface area contributed by atoms with Crippen LogP contribution in [0, 0.1) is 5.92 Å². The average molecular weight is 175 g/mol. The Kier molecular flexibility index (Phi) is 2.53. The first kappa shape index (κ1) is 8.61. The molecule has 0 aromatic heterocycles. The molecule has 1 heteroatoms. The van der Waals surface area contributed by atoms with Crippen molar-refractivity contribution < 1.29 is 0 Å². The molecule has 0 radical (unpaired) electrons. The van der Waals surface area contributed by atoms with E-state index in [0.717, 1.165) is 11.6 Å². The molecule has 2 rings (SSSR count). The maximum absolute atomic E-state index is 5.64. The Morgan fingerprint density at radius 1 is 1.31 bits per heavy atom. The van der Waals surface area contributed by atoms with E-state index < -0.39 is 0 Å². The van der Waals surface area contributed by atoms with Crippen LogP contribution in [0.4, 0.5) is 0 Å². The molecule has 0 aliphatic heterocycles. The third-order valence-corrected chi connectivity index (χ3v) is 2.96. The Morgan fingerprint density at radius 2 is 2.08 bits per heavy atom. The van der Waals surface area contributed by atoms with Gasteiger partial charge in [0.1, 0.15) is 0 Å². The first-order chi connectivity index (χ1) is 6.34. The molecule has 2 N–H and O–H groups in total. The van der Waals surface area contributed by atoms with Crippen LogP contribution in [0.1, 0.15) is 32.1 Å². The maximum Gasteiger partial charge on any atom is 0.0320 e. The highest BCUT2D eigenvalue weighted by Crippen LogP contribution is 2.28. The summed E-state index contributed by atoms with van der Waals surface area (Å²) >= 11 is 0. The highest BCUT2D eigenvalue weighted by Gasteiger charge is 2.13. The van der Waals surface area contributed by atoms with E-state index in [1.54, 1.807) is 0 Å². The van der Waals surface area contributed by atoms with Crippen molar-refractivity contribution in [3.05, 3.63) is 35.6 Å². The van der Waals surface area contributed by atoms with Crippen LogP contribution in [0.2, 0.25) is 0 Å². The molecule has 0 saturated heterocycles. The fourth-order valence-corrected chi connectivity index (χ4v) is 2.16. The van der Waals surface area contributed by atoms with Crippen LogP contribution < -0.4 is 5.73 Å². The SMILES string of the molecule is NC1=C/C(=C/CC2CCCC2)C=C1. The van der Waals surface area contributed by atoms with Crippen molar-refractivity contribution in [2.45, 2.75) is 32.1 Å². The van der Waals surface area contributed by atoms with Gasteiger partial charge in [-0.15, -0.1) is 0 Å². The number of hydrogen-bond donors (Lipinski definition) is 1. The van der Waals surface area contributed by atoms with Crippen LogP contribution in [0.3, 0.4) is 0 Å². The lowest BCUT2D eigenvalue weighted by Crippen LogP contribution is -1.90. The second-order valence-electron chi connectivity index (χ2n) is 4.07. The van der Waals surface area contributed by atoms with Gasteiger partial charge in [0.2, 0.25) is 0 Å². The van der Waals surface area contributed by atoms with E-state index in [9.17, 15) is 0 Å². The molecule has 0 aromatic carbocycles. The van der Waals surface area contributed by atoms with E-state index in [1.807, 2.05) is 6.08 Å². The summed E-state index contributed by atoms with van der Waals surface area (Å²) in [6.07, 6.45) is 15.4. The monoisotopic (exact) mass is 175 g/mol. The Bertz CT molecular complexity index is 265. The Labute approximate surface area is 80.0 Å². The van der Waals surface area contributed by atoms with Crippen LogP contribution in [0.15, 0.2) is 35.6 Å². The summed E-state index contributed by atoms with van der Waals surface area (Å²) in [5.41, 5.74) is 7.82. The van der Waals surface area contributed by atoms with Crippen molar-refractivity contribution in [3.63, 3.8) is 0 Å². The highest BCUT2D eigenvalue weighted by molar-refractivity contribution is 5.44. The minimum Gasteiger partial charge on any atom is -0.399 e. The van der Waals surface area contributed by atoms with E-state index in [-0.39, 0.29) is 0 Å². The largest absolute Gasteiger partial charge is 0.399 e. The van der Waals surface area contributed by atoms with Crippen LogP contribution in [-0.2, 0) is 0 Å². The molecule has 0 unspecified atom stereocenters. The molecule has 0 spiro atoms. The van der Waals surface area contributed by atoms with E-state index in [4.69, 9.17) is 5.73 Å². The van der Waals surface area contributed by atoms with Crippen LogP contribution in [-0.4, -0.2) is 0 Å². The van der Waals surface area contributed by atoms with E-state index >= 15 is 0 Å². The molecule has 2 aliphatic carbocycles. The molecule has 0 amide bonds. The average Bonchev–Trinajstić information content (AvgIpc) is 2.71. The third kappa shape index (κ3) is 2.24. The van der Waals surface area contributed by atoms with Gasteiger partial charge in [0, 0.05) is 5.70 Å². The van der Waals surface area contributed by atoms with Crippen LogP contribution in [0.5, 0.6) is 0 Å². The molecule has 70 valence electrons. The Balaban J connectivity index is 1.87. The highest BCUT2D eigenvalue weighted by atomic mass is 14.6. The summed E-state index contributed by atoms with van der Waals surface area (Å²) in [6, 6.07) is 0. The maximum atomic E-state index is 5.64. The van der Waals surface area contributed by atoms with E-state index in [2.05, 4.69) is 18.2 Å². The van der Waals surface area contributed by atoms with Crippen molar-refractivity contribution in [1.82, 2.24) is 0 Å². The summed E-state index contributed by atoms with van der Waals surface area (Å²) in [4.78, 5) is 0. The molecule has 1 fully saturated rings. The number of hydrogen-bond acceptors (Lipinski definition) is 1. The molecular formula is C12H17N. The van der Waals surface area contributed by atoms with Crippen LogP contribution >= 0.6 is 0 Å². The first-order valence-electron chi connectivity index (χ1n) is 5.20. The van der Waals surface area contributed by atoms with Crippen molar-refractivity contribution in [3.8, 4) is 0 Å². The van der Waals surface area contributed by atoms with Gasteiger partial charge in [0.25, 0.3) is 0 Å². The normalized spacial score (nSPS) is 25.8. The lowest BCUT2D eigenvalue weighted by molar-refractivity contribution is 0.557. The van der Waals surface area contributed by atoms with Gasteiger partial charge in [-0.1, -0.05) is 37.8 Å². The summed E-state index contributed by atoms with van der Waals surface area (Å²) in [7, 11) is 0.